The molecule has 0 saturated carbocycles. The molecular weight excluding hydrogens is 206 g/mol. The summed E-state index contributed by atoms with van der Waals surface area (Å²) in [5, 5.41) is 9.08. The van der Waals surface area contributed by atoms with Crippen LogP contribution < -0.4 is 4.90 Å². The van der Waals surface area contributed by atoms with Crippen molar-refractivity contribution in [2.75, 3.05) is 4.90 Å². The van der Waals surface area contributed by atoms with Crippen molar-refractivity contribution in [2.45, 2.75) is 18.9 Å². The molecule has 3 rings (SSSR count). The van der Waals surface area contributed by atoms with Crippen molar-refractivity contribution in [1.82, 2.24) is 0 Å². The van der Waals surface area contributed by atoms with Gasteiger partial charge < -0.3 is 10.0 Å². The fourth-order valence-corrected chi connectivity index (χ4v) is 2.73. The smallest absolute Gasteiger partial charge is 0.309 e. The molecule has 82 valence electrons. The van der Waals surface area contributed by atoms with Crippen molar-refractivity contribution >= 4 is 17.6 Å². The molecule has 4 heteroatoms. The lowest BCUT2D eigenvalue weighted by atomic mass is 9.97. The SMILES string of the molecule is O=C(O)C1CC(=O)N2c3ccccc3CC12. The van der Waals surface area contributed by atoms with E-state index in [1.807, 2.05) is 24.3 Å². The van der Waals surface area contributed by atoms with E-state index in [1.54, 1.807) is 4.90 Å². The molecule has 0 aromatic heterocycles. The highest BCUT2D eigenvalue weighted by Gasteiger charge is 2.48. The maximum Gasteiger partial charge on any atom is 0.309 e. The summed E-state index contributed by atoms with van der Waals surface area (Å²) in [6, 6.07) is 7.46. The quantitative estimate of drug-likeness (QED) is 0.764. The highest BCUT2D eigenvalue weighted by atomic mass is 16.4. The van der Waals surface area contributed by atoms with Gasteiger partial charge in [-0.25, -0.2) is 0 Å². The van der Waals surface area contributed by atoms with Crippen LogP contribution in [0.1, 0.15) is 12.0 Å². The standard InChI is InChI=1S/C12H11NO3/c14-11-6-8(12(15)16)10-5-7-3-1-2-4-9(7)13(10)11/h1-4,8,10H,5-6H2,(H,15,16). The number of carboxylic acid groups (broad SMARTS) is 1. The minimum atomic E-state index is -0.867. The first-order valence-corrected chi connectivity index (χ1v) is 5.31. The maximum atomic E-state index is 11.8. The summed E-state index contributed by atoms with van der Waals surface area (Å²) < 4.78 is 0. The van der Waals surface area contributed by atoms with Gasteiger partial charge in [-0.3, -0.25) is 9.59 Å². The number of fused-ring (bicyclic) bond motifs is 3. The number of carbonyl (C=O) groups is 2. The van der Waals surface area contributed by atoms with Crippen LogP contribution in [0.2, 0.25) is 0 Å². The van der Waals surface area contributed by atoms with E-state index >= 15 is 0 Å². The normalized spacial score (nSPS) is 26.8. The van der Waals surface area contributed by atoms with Crippen LogP contribution in [0.3, 0.4) is 0 Å². The van der Waals surface area contributed by atoms with Gasteiger partial charge in [0.15, 0.2) is 0 Å². The Bertz CT molecular complexity index is 483. The van der Waals surface area contributed by atoms with E-state index in [0.29, 0.717) is 6.42 Å². The number of amides is 1. The summed E-state index contributed by atoms with van der Waals surface area (Å²) >= 11 is 0. The molecule has 0 radical (unpaired) electrons. The predicted molar refractivity (Wildman–Crippen MR) is 57.2 cm³/mol. The molecule has 1 fully saturated rings. The van der Waals surface area contributed by atoms with Crippen LogP contribution in [-0.2, 0) is 16.0 Å². The van der Waals surface area contributed by atoms with E-state index in [2.05, 4.69) is 0 Å². The van der Waals surface area contributed by atoms with Gasteiger partial charge in [0, 0.05) is 12.1 Å². The van der Waals surface area contributed by atoms with Crippen LogP contribution in [0.5, 0.6) is 0 Å². The lowest BCUT2D eigenvalue weighted by molar-refractivity contribution is -0.142. The number of carbonyl (C=O) groups excluding carboxylic acids is 1. The fourth-order valence-electron chi connectivity index (χ4n) is 2.73. The summed E-state index contributed by atoms with van der Waals surface area (Å²) in [6.07, 6.45) is 0.799. The summed E-state index contributed by atoms with van der Waals surface area (Å²) in [5.41, 5.74) is 1.97. The van der Waals surface area contributed by atoms with Crippen molar-refractivity contribution < 1.29 is 14.7 Å². The molecule has 2 heterocycles. The topological polar surface area (TPSA) is 57.6 Å². The molecule has 2 atom stereocenters. The molecule has 1 amide bonds. The zero-order valence-electron chi connectivity index (χ0n) is 8.59. The third-order valence-corrected chi connectivity index (χ3v) is 3.46. The van der Waals surface area contributed by atoms with Crippen LogP contribution in [0, 0.1) is 5.92 Å². The minimum absolute atomic E-state index is 0.0673. The Morgan fingerprint density at radius 2 is 2.06 bits per heavy atom. The second kappa shape index (κ2) is 3.07. The van der Waals surface area contributed by atoms with E-state index in [9.17, 15) is 9.59 Å². The first-order chi connectivity index (χ1) is 7.68. The van der Waals surface area contributed by atoms with E-state index < -0.39 is 11.9 Å². The molecule has 0 aliphatic carbocycles. The first-order valence-electron chi connectivity index (χ1n) is 5.31. The van der Waals surface area contributed by atoms with Gasteiger partial charge in [-0.1, -0.05) is 18.2 Å². The van der Waals surface area contributed by atoms with Gasteiger partial charge >= 0.3 is 5.97 Å². The van der Waals surface area contributed by atoms with E-state index in [-0.39, 0.29) is 18.4 Å². The maximum absolute atomic E-state index is 11.8. The number of aliphatic carboxylic acids is 1. The van der Waals surface area contributed by atoms with Crippen LogP contribution in [-0.4, -0.2) is 23.0 Å². The number of rotatable bonds is 1. The van der Waals surface area contributed by atoms with Crippen molar-refractivity contribution in [2.24, 2.45) is 5.92 Å². The minimum Gasteiger partial charge on any atom is -0.481 e. The summed E-state index contributed by atoms with van der Waals surface area (Å²) in [7, 11) is 0. The summed E-state index contributed by atoms with van der Waals surface area (Å²) in [4.78, 5) is 24.5. The second-order valence-corrected chi connectivity index (χ2v) is 4.31. The molecule has 0 bridgehead atoms. The van der Waals surface area contributed by atoms with E-state index in [1.165, 1.54) is 0 Å². The molecule has 1 aromatic carbocycles. The number of benzene rings is 1. The Hall–Kier alpha value is -1.84. The molecule has 4 nitrogen and oxygen atoms in total. The Morgan fingerprint density at radius 1 is 1.31 bits per heavy atom. The molecule has 1 N–H and O–H groups in total. The Balaban J connectivity index is 2.05. The van der Waals surface area contributed by atoms with Crippen molar-refractivity contribution in [1.29, 1.82) is 0 Å². The average molecular weight is 217 g/mol. The van der Waals surface area contributed by atoms with E-state index in [0.717, 1.165) is 11.3 Å². The van der Waals surface area contributed by atoms with Gasteiger partial charge in [-0.15, -0.1) is 0 Å². The van der Waals surface area contributed by atoms with Crippen molar-refractivity contribution in [3.8, 4) is 0 Å². The van der Waals surface area contributed by atoms with Crippen LogP contribution >= 0.6 is 0 Å². The zero-order chi connectivity index (χ0) is 11.3. The van der Waals surface area contributed by atoms with Crippen LogP contribution in [0.25, 0.3) is 0 Å². The third kappa shape index (κ3) is 1.10. The zero-order valence-corrected chi connectivity index (χ0v) is 8.59. The number of para-hydroxylation sites is 1. The predicted octanol–water partition coefficient (Wildman–Crippen LogP) is 1.05. The lowest BCUT2D eigenvalue weighted by Gasteiger charge is -2.18. The molecule has 2 aliphatic rings. The number of nitrogens with zero attached hydrogens (tertiary/aromatic N) is 1. The van der Waals surface area contributed by atoms with Crippen molar-refractivity contribution in [3.63, 3.8) is 0 Å². The molecular formula is C12H11NO3. The Morgan fingerprint density at radius 3 is 2.81 bits per heavy atom. The van der Waals surface area contributed by atoms with Crippen molar-refractivity contribution in [3.05, 3.63) is 29.8 Å². The average Bonchev–Trinajstić information content (AvgIpc) is 2.76. The van der Waals surface area contributed by atoms with Gasteiger partial charge in [0.25, 0.3) is 0 Å². The van der Waals surface area contributed by atoms with Crippen LogP contribution in [0.15, 0.2) is 24.3 Å². The summed E-state index contributed by atoms with van der Waals surface area (Å²) in [5.74, 6) is -1.49. The Labute approximate surface area is 92.5 Å². The van der Waals surface area contributed by atoms with Crippen LogP contribution in [0.4, 0.5) is 5.69 Å². The van der Waals surface area contributed by atoms with E-state index in [4.69, 9.17) is 5.11 Å². The fraction of sp³-hybridized carbons (Fsp3) is 0.333. The third-order valence-electron chi connectivity index (χ3n) is 3.46. The number of anilines is 1. The first kappa shape index (κ1) is 9.39. The molecule has 0 spiro atoms. The second-order valence-electron chi connectivity index (χ2n) is 4.31. The van der Waals surface area contributed by atoms with Gasteiger partial charge in [-0.2, -0.15) is 0 Å². The lowest BCUT2D eigenvalue weighted by Crippen LogP contribution is -2.34. The molecule has 1 aromatic rings. The monoisotopic (exact) mass is 217 g/mol. The summed E-state index contributed by atoms with van der Waals surface area (Å²) in [6.45, 7) is 0. The number of carboxylic acids is 1. The largest absolute Gasteiger partial charge is 0.481 e. The van der Waals surface area contributed by atoms with Gasteiger partial charge in [-0.05, 0) is 18.1 Å². The molecule has 2 unspecified atom stereocenters. The van der Waals surface area contributed by atoms with Gasteiger partial charge in [0.1, 0.15) is 0 Å². The Kier molecular flexibility index (Phi) is 1.80. The van der Waals surface area contributed by atoms with Gasteiger partial charge in [0.05, 0.1) is 12.0 Å². The molecule has 2 aliphatic heterocycles. The molecule has 16 heavy (non-hydrogen) atoms. The number of hydrogen-bond acceptors (Lipinski definition) is 2. The molecule has 1 saturated heterocycles. The number of hydrogen-bond donors (Lipinski definition) is 1. The van der Waals surface area contributed by atoms with Gasteiger partial charge in [0.2, 0.25) is 5.91 Å². The highest BCUT2D eigenvalue weighted by molar-refractivity contribution is 6.02. The highest BCUT2D eigenvalue weighted by Crippen LogP contribution is 2.41.